The minimum atomic E-state index is -0.371. The number of fused-ring (bicyclic) bond motifs is 1. The second-order valence-corrected chi connectivity index (χ2v) is 5.11. The second kappa shape index (κ2) is 4.37. The first-order chi connectivity index (χ1) is 9.79. The van der Waals surface area contributed by atoms with Crippen LogP contribution in [0.15, 0.2) is 28.9 Å². The molecule has 0 atom stereocenters. The number of benzene rings is 1. The first kappa shape index (κ1) is 11.5. The van der Waals surface area contributed by atoms with Crippen LogP contribution in [-0.4, -0.2) is 18.7 Å². The molecule has 102 valence electrons. The van der Waals surface area contributed by atoms with Crippen molar-refractivity contribution < 1.29 is 19.0 Å². The Kier molecular flexibility index (Phi) is 2.52. The van der Waals surface area contributed by atoms with Gasteiger partial charge in [-0.1, -0.05) is 12.5 Å². The van der Waals surface area contributed by atoms with Gasteiger partial charge in [-0.15, -0.1) is 0 Å². The van der Waals surface area contributed by atoms with Crippen LogP contribution in [0.3, 0.4) is 0 Å². The largest absolute Gasteiger partial charge is 0.454 e. The first-order valence-corrected chi connectivity index (χ1v) is 6.72. The van der Waals surface area contributed by atoms with Gasteiger partial charge >= 0.3 is 5.97 Å². The molecule has 0 aromatic heterocycles. The fourth-order valence-electron chi connectivity index (χ4n) is 2.42. The molecule has 20 heavy (non-hydrogen) atoms. The van der Waals surface area contributed by atoms with Crippen molar-refractivity contribution in [3.05, 3.63) is 29.5 Å². The zero-order chi connectivity index (χ0) is 13.5. The molecule has 0 spiro atoms. The molecule has 0 amide bonds. The fraction of sp³-hybridized carbons (Fsp3) is 0.333. The van der Waals surface area contributed by atoms with Crippen LogP contribution in [0.1, 0.15) is 24.8 Å². The number of nitrogens with zero attached hydrogens (tertiary/aromatic N) is 1. The molecular formula is C15H13NO4. The standard InChI is InChI=1S/C15H13NO4/c17-15-11(16-14(20-15)10-2-1-3-10)6-9-4-5-12-13(7-9)19-8-18-12/h4-7,10H,1-3,8H2/b11-6+. The van der Waals surface area contributed by atoms with Crippen LogP contribution in [0.4, 0.5) is 0 Å². The highest BCUT2D eigenvalue weighted by Gasteiger charge is 2.32. The van der Waals surface area contributed by atoms with Gasteiger partial charge in [-0.2, -0.15) is 0 Å². The van der Waals surface area contributed by atoms with Crippen molar-refractivity contribution in [2.75, 3.05) is 6.79 Å². The van der Waals surface area contributed by atoms with E-state index in [1.165, 1.54) is 6.42 Å². The monoisotopic (exact) mass is 271 g/mol. The van der Waals surface area contributed by atoms with E-state index >= 15 is 0 Å². The lowest BCUT2D eigenvalue weighted by Crippen LogP contribution is -2.22. The predicted molar refractivity (Wildman–Crippen MR) is 71.4 cm³/mol. The molecule has 1 saturated carbocycles. The Morgan fingerprint density at radius 1 is 1.20 bits per heavy atom. The van der Waals surface area contributed by atoms with Crippen LogP contribution in [-0.2, 0) is 9.53 Å². The molecule has 4 rings (SSSR count). The highest BCUT2D eigenvalue weighted by molar-refractivity contribution is 6.08. The summed E-state index contributed by atoms with van der Waals surface area (Å²) in [7, 11) is 0. The molecule has 1 aromatic rings. The lowest BCUT2D eigenvalue weighted by Gasteiger charge is -2.23. The Morgan fingerprint density at radius 2 is 2.05 bits per heavy atom. The van der Waals surface area contributed by atoms with Gasteiger partial charge in [0, 0.05) is 5.92 Å². The number of esters is 1. The first-order valence-electron chi connectivity index (χ1n) is 6.72. The van der Waals surface area contributed by atoms with Crippen molar-refractivity contribution in [1.29, 1.82) is 0 Å². The minimum absolute atomic E-state index is 0.237. The van der Waals surface area contributed by atoms with E-state index in [-0.39, 0.29) is 12.8 Å². The number of carbonyl (C=O) groups is 1. The second-order valence-electron chi connectivity index (χ2n) is 5.11. The summed E-state index contributed by atoms with van der Waals surface area (Å²) in [5.74, 6) is 1.94. The van der Waals surface area contributed by atoms with Gasteiger partial charge < -0.3 is 14.2 Å². The summed E-state index contributed by atoms with van der Waals surface area (Å²) in [6.45, 7) is 0.237. The maximum Gasteiger partial charge on any atom is 0.363 e. The van der Waals surface area contributed by atoms with E-state index in [2.05, 4.69) is 4.99 Å². The Hall–Kier alpha value is -2.30. The average Bonchev–Trinajstić information content (AvgIpc) is 2.95. The van der Waals surface area contributed by atoms with Crippen LogP contribution in [0, 0.1) is 5.92 Å². The van der Waals surface area contributed by atoms with E-state index in [1.807, 2.05) is 18.2 Å². The van der Waals surface area contributed by atoms with Crippen molar-refractivity contribution in [2.45, 2.75) is 19.3 Å². The molecule has 0 unspecified atom stereocenters. The van der Waals surface area contributed by atoms with E-state index in [1.54, 1.807) is 6.08 Å². The van der Waals surface area contributed by atoms with Gasteiger partial charge in [0.2, 0.25) is 12.7 Å². The highest BCUT2D eigenvalue weighted by atomic mass is 16.7. The third-order valence-electron chi connectivity index (χ3n) is 3.79. The summed E-state index contributed by atoms with van der Waals surface area (Å²) in [5, 5.41) is 0. The van der Waals surface area contributed by atoms with Crippen LogP contribution in [0.25, 0.3) is 6.08 Å². The topological polar surface area (TPSA) is 57.1 Å². The van der Waals surface area contributed by atoms with Crippen molar-refractivity contribution in [1.82, 2.24) is 0 Å². The lowest BCUT2D eigenvalue weighted by atomic mass is 9.85. The third kappa shape index (κ3) is 1.86. The van der Waals surface area contributed by atoms with Gasteiger partial charge in [-0.05, 0) is 36.6 Å². The smallest absolute Gasteiger partial charge is 0.363 e. The Balaban J connectivity index is 1.62. The summed E-state index contributed by atoms with van der Waals surface area (Å²) < 4.78 is 15.8. The van der Waals surface area contributed by atoms with E-state index in [0.29, 0.717) is 23.3 Å². The summed E-state index contributed by atoms with van der Waals surface area (Å²) in [4.78, 5) is 16.1. The number of hydrogen-bond acceptors (Lipinski definition) is 5. The van der Waals surface area contributed by atoms with E-state index in [9.17, 15) is 4.79 Å². The van der Waals surface area contributed by atoms with Crippen molar-refractivity contribution in [2.24, 2.45) is 10.9 Å². The Labute approximate surface area is 115 Å². The van der Waals surface area contributed by atoms with Crippen LogP contribution in [0.5, 0.6) is 11.5 Å². The van der Waals surface area contributed by atoms with E-state index in [0.717, 1.165) is 24.2 Å². The summed E-state index contributed by atoms with van der Waals surface area (Å²) in [5.41, 5.74) is 1.20. The Bertz CT molecular complexity index is 643. The van der Waals surface area contributed by atoms with Gasteiger partial charge in [0.1, 0.15) is 0 Å². The maximum atomic E-state index is 11.8. The van der Waals surface area contributed by atoms with Crippen LogP contribution >= 0.6 is 0 Å². The quantitative estimate of drug-likeness (QED) is 0.612. The van der Waals surface area contributed by atoms with E-state index < -0.39 is 0 Å². The average molecular weight is 271 g/mol. The molecule has 1 aliphatic carbocycles. The van der Waals surface area contributed by atoms with Gasteiger partial charge in [-0.25, -0.2) is 9.79 Å². The zero-order valence-electron chi connectivity index (χ0n) is 10.8. The molecule has 2 aliphatic heterocycles. The molecule has 3 aliphatic rings. The number of aliphatic imine (C=N–C) groups is 1. The van der Waals surface area contributed by atoms with E-state index in [4.69, 9.17) is 14.2 Å². The maximum absolute atomic E-state index is 11.8. The Morgan fingerprint density at radius 3 is 2.85 bits per heavy atom. The normalized spacial score (nSPS) is 22.7. The van der Waals surface area contributed by atoms with Crippen LogP contribution < -0.4 is 9.47 Å². The van der Waals surface area contributed by atoms with Crippen molar-refractivity contribution in [3.8, 4) is 11.5 Å². The molecule has 1 aromatic carbocycles. The molecular weight excluding hydrogens is 258 g/mol. The van der Waals surface area contributed by atoms with Crippen molar-refractivity contribution in [3.63, 3.8) is 0 Å². The number of hydrogen-bond donors (Lipinski definition) is 0. The molecule has 1 fully saturated rings. The summed E-state index contributed by atoms with van der Waals surface area (Å²) >= 11 is 0. The molecule has 0 N–H and O–H groups in total. The van der Waals surface area contributed by atoms with Crippen molar-refractivity contribution >= 4 is 17.9 Å². The highest BCUT2D eigenvalue weighted by Crippen LogP contribution is 2.34. The van der Waals surface area contributed by atoms with Gasteiger partial charge in [0.05, 0.1) is 0 Å². The number of carbonyl (C=O) groups excluding carboxylic acids is 1. The van der Waals surface area contributed by atoms with Crippen LogP contribution in [0.2, 0.25) is 0 Å². The minimum Gasteiger partial charge on any atom is -0.454 e. The molecule has 0 radical (unpaired) electrons. The summed E-state index contributed by atoms with van der Waals surface area (Å²) in [6.07, 6.45) is 5.02. The molecule has 2 heterocycles. The zero-order valence-corrected chi connectivity index (χ0v) is 10.8. The fourth-order valence-corrected chi connectivity index (χ4v) is 2.42. The summed E-state index contributed by atoms with van der Waals surface area (Å²) in [6, 6.07) is 5.52. The SMILES string of the molecule is O=C1OC(C2CCC2)=N/C1=C/c1ccc2c(c1)OCO2. The molecule has 0 saturated heterocycles. The van der Waals surface area contributed by atoms with Gasteiger partial charge in [0.25, 0.3) is 0 Å². The lowest BCUT2D eigenvalue weighted by molar-refractivity contribution is -0.130. The van der Waals surface area contributed by atoms with Gasteiger partial charge in [0.15, 0.2) is 17.2 Å². The third-order valence-corrected chi connectivity index (χ3v) is 3.79. The number of rotatable bonds is 2. The molecule has 5 heteroatoms. The van der Waals surface area contributed by atoms with Gasteiger partial charge in [-0.3, -0.25) is 0 Å². The molecule has 5 nitrogen and oxygen atoms in total. The number of ether oxygens (including phenoxy) is 3. The number of cyclic esters (lactones) is 1. The molecule has 0 bridgehead atoms. The predicted octanol–water partition coefficient (Wildman–Crippen LogP) is 2.51.